The van der Waals surface area contributed by atoms with Crippen molar-refractivity contribution in [2.45, 2.75) is 26.7 Å². The number of fused-ring (bicyclic) bond motifs is 1. The second-order valence-corrected chi connectivity index (χ2v) is 3.60. The highest BCUT2D eigenvalue weighted by molar-refractivity contribution is 5.70. The third kappa shape index (κ3) is 1.41. The molecule has 0 radical (unpaired) electrons. The highest BCUT2D eigenvalue weighted by Gasteiger charge is 2.06. The third-order valence-electron chi connectivity index (χ3n) is 2.05. The van der Waals surface area contributed by atoms with Gasteiger partial charge in [-0.3, -0.25) is 0 Å². The molecule has 3 heteroatoms. The molecule has 0 aliphatic rings. The Hall–Kier alpha value is -1.38. The van der Waals surface area contributed by atoms with E-state index in [0.717, 1.165) is 22.7 Å². The molecule has 0 atom stereocenters. The Morgan fingerprint density at radius 3 is 2.69 bits per heavy atom. The maximum Gasteiger partial charge on any atom is 0.157 e. The summed E-state index contributed by atoms with van der Waals surface area (Å²) >= 11 is 0. The zero-order valence-electron chi connectivity index (χ0n) is 8.13. The van der Waals surface area contributed by atoms with Crippen LogP contribution in [0.4, 0.5) is 0 Å². The predicted molar refractivity (Wildman–Crippen MR) is 52.7 cm³/mol. The molecule has 0 saturated carbocycles. The molecule has 13 heavy (non-hydrogen) atoms. The Balaban J connectivity index is 2.62. The predicted octanol–water partition coefficient (Wildman–Crippen LogP) is 2.39. The van der Waals surface area contributed by atoms with Gasteiger partial charge >= 0.3 is 0 Å². The molecule has 2 aromatic heterocycles. The molecule has 1 N–H and O–H groups in total. The number of nitrogens with one attached hydrogen (secondary N) is 1. The molecule has 0 unspecified atom stereocenters. The molecule has 3 nitrogen and oxygen atoms in total. The lowest BCUT2D eigenvalue weighted by molar-refractivity contribution is 0.798. The van der Waals surface area contributed by atoms with Gasteiger partial charge in [0.2, 0.25) is 0 Å². The first-order valence-corrected chi connectivity index (χ1v) is 4.50. The van der Waals surface area contributed by atoms with Crippen LogP contribution in [-0.2, 0) is 0 Å². The van der Waals surface area contributed by atoms with Gasteiger partial charge in [0, 0.05) is 11.6 Å². The molecular formula is C10H13N3. The van der Waals surface area contributed by atoms with E-state index in [2.05, 4.69) is 28.8 Å². The lowest BCUT2D eigenvalue weighted by Crippen LogP contribution is -1.88. The van der Waals surface area contributed by atoms with Gasteiger partial charge in [-0.25, -0.2) is 9.97 Å². The van der Waals surface area contributed by atoms with Crippen LogP contribution in [0.2, 0.25) is 0 Å². The van der Waals surface area contributed by atoms with E-state index >= 15 is 0 Å². The Morgan fingerprint density at radius 2 is 2.00 bits per heavy atom. The first kappa shape index (κ1) is 8.23. The molecule has 0 aliphatic carbocycles. The van der Waals surface area contributed by atoms with Gasteiger partial charge in [0.05, 0.1) is 0 Å². The van der Waals surface area contributed by atoms with Crippen molar-refractivity contribution >= 4 is 11.2 Å². The monoisotopic (exact) mass is 175 g/mol. The van der Waals surface area contributed by atoms with E-state index in [1.807, 2.05) is 19.1 Å². The van der Waals surface area contributed by atoms with Gasteiger partial charge in [0.15, 0.2) is 5.65 Å². The number of hydrogen-bond donors (Lipinski definition) is 1. The minimum absolute atomic E-state index is 0.425. The van der Waals surface area contributed by atoms with Crippen molar-refractivity contribution in [2.24, 2.45) is 0 Å². The number of aromatic nitrogens is 3. The second kappa shape index (κ2) is 2.83. The van der Waals surface area contributed by atoms with Crippen molar-refractivity contribution in [1.29, 1.82) is 0 Å². The first-order chi connectivity index (χ1) is 6.16. The minimum atomic E-state index is 0.425. The van der Waals surface area contributed by atoms with E-state index in [1.165, 1.54) is 0 Å². The normalized spacial score (nSPS) is 11.4. The van der Waals surface area contributed by atoms with Gasteiger partial charge in [-0.2, -0.15) is 0 Å². The Labute approximate surface area is 77.2 Å². The number of aryl methyl sites for hydroxylation is 1. The van der Waals surface area contributed by atoms with Gasteiger partial charge in [-0.05, 0) is 19.1 Å². The van der Waals surface area contributed by atoms with Crippen molar-refractivity contribution in [2.75, 3.05) is 0 Å². The van der Waals surface area contributed by atoms with Crippen LogP contribution in [0.3, 0.4) is 0 Å². The van der Waals surface area contributed by atoms with Crippen molar-refractivity contribution < 1.29 is 0 Å². The fourth-order valence-corrected chi connectivity index (χ4v) is 1.28. The van der Waals surface area contributed by atoms with Gasteiger partial charge < -0.3 is 4.98 Å². The maximum atomic E-state index is 4.44. The van der Waals surface area contributed by atoms with Crippen molar-refractivity contribution in [3.63, 3.8) is 0 Å². The summed E-state index contributed by atoms with van der Waals surface area (Å²) in [6.07, 6.45) is 0. The van der Waals surface area contributed by atoms with E-state index in [1.54, 1.807) is 0 Å². The van der Waals surface area contributed by atoms with Crippen LogP contribution >= 0.6 is 0 Å². The third-order valence-corrected chi connectivity index (χ3v) is 2.05. The molecule has 0 spiro atoms. The summed E-state index contributed by atoms with van der Waals surface area (Å²) in [5.41, 5.74) is 2.87. The number of nitrogens with zero attached hydrogens (tertiary/aromatic N) is 2. The molecule has 0 aliphatic heterocycles. The largest absolute Gasteiger partial charge is 0.326 e. The fourth-order valence-electron chi connectivity index (χ4n) is 1.28. The van der Waals surface area contributed by atoms with Gasteiger partial charge in [-0.15, -0.1) is 0 Å². The average molecular weight is 175 g/mol. The summed E-state index contributed by atoms with van der Waals surface area (Å²) in [5.74, 6) is 1.43. The summed E-state index contributed by atoms with van der Waals surface area (Å²) in [4.78, 5) is 12.0. The Bertz CT molecular complexity index is 429. The maximum absolute atomic E-state index is 4.44. The van der Waals surface area contributed by atoms with Crippen LogP contribution in [0.1, 0.15) is 31.3 Å². The molecule has 68 valence electrons. The highest BCUT2D eigenvalue weighted by atomic mass is 15.0. The number of H-pyrrole nitrogens is 1. The van der Waals surface area contributed by atoms with Crippen molar-refractivity contribution in [3.05, 3.63) is 23.7 Å². The zero-order chi connectivity index (χ0) is 9.42. The molecule has 2 rings (SSSR count). The number of imidazole rings is 1. The molecular weight excluding hydrogens is 162 g/mol. The van der Waals surface area contributed by atoms with Gasteiger partial charge in [0.25, 0.3) is 0 Å². The van der Waals surface area contributed by atoms with E-state index in [9.17, 15) is 0 Å². The topological polar surface area (TPSA) is 41.6 Å². The molecule has 0 saturated heterocycles. The quantitative estimate of drug-likeness (QED) is 0.723. The number of hydrogen-bond acceptors (Lipinski definition) is 2. The van der Waals surface area contributed by atoms with Crippen LogP contribution in [0.5, 0.6) is 0 Å². The standard InChI is InChI=1S/C10H13N3/c1-6(2)9-12-8-5-4-7(3)11-10(8)13-9/h4-6H,1-3H3,(H,11,12,13). The molecule has 0 fully saturated rings. The molecule has 0 aromatic carbocycles. The Kier molecular flexibility index (Phi) is 1.79. The number of pyridine rings is 1. The summed E-state index contributed by atoms with van der Waals surface area (Å²) in [6, 6.07) is 3.98. The van der Waals surface area contributed by atoms with Crippen molar-refractivity contribution in [1.82, 2.24) is 15.0 Å². The first-order valence-electron chi connectivity index (χ1n) is 4.50. The van der Waals surface area contributed by atoms with E-state index in [0.29, 0.717) is 5.92 Å². The number of aromatic amines is 1. The molecule has 2 aromatic rings. The number of rotatable bonds is 1. The van der Waals surface area contributed by atoms with E-state index in [-0.39, 0.29) is 0 Å². The van der Waals surface area contributed by atoms with Crippen LogP contribution in [-0.4, -0.2) is 15.0 Å². The SMILES string of the molecule is Cc1ccc2nc(C(C)C)[nH]c2n1. The summed E-state index contributed by atoms with van der Waals surface area (Å²) in [5, 5.41) is 0. The Morgan fingerprint density at radius 1 is 1.23 bits per heavy atom. The lowest BCUT2D eigenvalue weighted by atomic mass is 10.2. The molecule has 0 bridgehead atoms. The molecule has 2 heterocycles. The van der Waals surface area contributed by atoms with Gasteiger partial charge in [0.1, 0.15) is 11.3 Å². The van der Waals surface area contributed by atoms with E-state index in [4.69, 9.17) is 0 Å². The smallest absolute Gasteiger partial charge is 0.157 e. The lowest BCUT2D eigenvalue weighted by Gasteiger charge is -1.95. The second-order valence-electron chi connectivity index (χ2n) is 3.60. The summed E-state index contributed by atoms with van der Waals surface area (Å²) in [6.45, 7) is 6.21. The zero-order valence-corrected chi connectivity index (χ0v) is 8.13. The van der Waals surface area contributed by atoms with Crippen molar-refractivity contribution in [3.8, 4) is 0 Å². The fraction of sp³-hybridized carbons (Fsp3) is 0.400. The minimum Gasteiger partial charge on any atom is -0.326 e. The summed E-state index contributed by atoms with van der Waals surface area (Å²) < 4.78 is 0. The van der Waals surface area contributed by atoms with Crippen LogP contribution in [0.15, 0.2) is 12.1 Å². The summed E-state index contributed by atoms with van der Waals surface area (Å²) in [7, 11) is 0. The van der Waals surface area contributed by atoms with Gasteiger partial charge in [-0.1, -0.05) is 13.8 Å². The average Bonchev–Trinajstić information content (AvgIpc) is 2.46. The van der Waals surface area contributed by atoms with E-state index < -0.39 is 0 Å². The molecule has 0 amide bonds. The highest BCUT2D eigenvalue weighted by Crippen LogP contribution is 2.15. The van der Waals surface area contributed by atoms with Crippen LogP contribution < -0.4 is 0 Å². The van der Waals surface area contributed by atoms with Crippen LogP contribution in [0.25, 0.3) is 11.2 Å². The van der Waals surface area contributed by atoms with Crippen LogP contribution in [0, 0.1) is 6.92 Å².